The normalized spacial score (nSPS) is 11.9. The predicted octanol–water partition coefficient (Wildman–Crippen LogP) is 5.12. The third-order valence-electron chi connectivity index (χ3n) is 3.37. The zero-order chi connectivity index (χ0) is 18.1. The first-order valence-corrected chi connectivity index (χ1v) is 9.01. The molecular weight excluding hydrogens is 390 g/mol. The Morgan fingerprint density at radius 1 is 1.38 bits per heavy atom. The average Bonchev–Trinajstić information content (AvgIpc) is 2.88. The smallest absolute Gasteiger partial charge is 0.197 e. The summed E-state index contributed by atoms with van der Waals surface area (Å²) >= 11 is 4.81. The average molecular weight is 410 g/mol. The summed E-state index contributed by atoms with van der Waals surface area (Å²) < 4.78 is 5.78. The maximum absolute atomic E-state index is 12.5. The Labute approximate surface area is 154 Å². The van der Waals surface area contributed by atoms with Gasteiger partial charge in [-0.2, -0.15) is 0 Å². The molecule has 0 unspecified atom stereocenters. The number of aromatic hydroxyl groups is 1. The highest BCUT2D eigenvalue weighted by molar-refractivity contribution is 9.10. The van der Waals surface area contributed by atoms with E-state index in [2.05, 4.69) is 41.7 Å². The molecular formula is C18H20BrNO3S. The molecule has 0 atom stereocenters. The van der Waals surface area contributed by atoms with Crippen molar-refractivity contribution in [2.75, 3.05) is 7.11 Å². The molecule has 0 radical (unpaired) electrons. The first-order valence-electron chi connectivity index (χ1n) is 7.40. The number of phenols is 1. The van der Waals surface area contributed by atoms with Gasteiger partial charge in [-0.3, -0.25) is 4.79 Å². The number of ether oxygens (including phenoxy) is 1. The zero-order valence-corrected chi connectivity index (χ0v) is 16.7. The van der Waals surface area contributed by atoms with Gasteiger partial charge in [0, 0.05) is 9.89 Å². The van der Waals surface area contributed by atoms with Gasteiger partial charge in [0.25, 0.3) is 0 Å². The maximum atomic E-state index is 12.5. The number of benzene rings is 1. The Balaban J connectivity index is 2.30. The van der Waals surface area contributed by atoms with Crippen molar-refractivity contribution >= 4 is 39.1 Å². The number of halogens is 1. The standard InChI is InChI=1S/C18H20BrNO3S/c1-10-16(24-17(20-10)18(2,3)4)13(21)7-6-11-8-15(23-5)14(22)9-12(11)19/h6-9,22H,1-5H3/b7-6+. The summed E-state index contributed by atoms with van der Waals surface area (Å²) in [5.74, 6) is 0.315. The lowest BCUT2D eigenvalue weighted by Crippen LogP contribution is -2.10. The molecule has 0 bridgehead atoms. The number of allylic oxidation sites excluding steroid dienone is 1. The van der Waals surface area contributed by atoms with Gasteiger partial charge >= 0.3 is 0 Å². The molecule has 2 rings (SSSR count). The number of carbonyl (C=O) groups excluding carboxylic acids is 1. The molecule has 1 aromatic carbocycles. The summed E-state index contributed by atoms with van der Waals surface area (Å²) in [7, 11) is 1.48. The molecule has 0 spiro atoms. The summed E-state index contributed by atoms with van der Waals surface area (Å²) in [4.78, 5) is 17.7. The van der Waals surface area contributed by atoms with E-state index in [4.69, 9.17) is 4.74 Å². The molecule has 0 fully saturated rings. The van der Waals surface area contributed by atoms with E-state index in [0.717, 1.165) is 16.3 Å². The van der Waals surface area contributed by atoms with Crippen molar-refractivity contribution in [3.05, 3.63) is 43.8 Å². The van der Waals surface area contributed by atoms with Crippen molar-refractivity contribution in [2.45, 2.75) is 33.1 Å². The van der Waals surface area contributed by atoms with Gasteiger partial charge in [-0.05, 0) is 36.8 Å². The van der Waals surface area contributed by atoms with Crippen molar-refractivity contribution in [1.29, 1.82) is 0 Å². The van der Waals surface area contributed by atoms with Crippen LogP contribution < -0.4 is 4.74 Å². The Hall–Kier alpha value is -1.66. The Kier molecular flexibility index (Phi) is 5.50. The minimum Gasteiger partial charge on any atom is -0.504 e. The maximum Gasteiger partial charge on any atom is 0.197 e. The summed E-state index contributed by atoms with van der Waals surface area (Å²) in [5.41, 5.74) is 1.42. The zero-order valence-electron chi connectivity index (χ0n) is 14.3. The van der Waals surface area contributed by atoms with E-state index in [0.29, 0.717) is 15.1 Å². The van der Waals surface area contributed by atoms with E-state index < -0.39 is 0 Å². The van der Waals surface area contributed by atoms with Crippen LogP contribution in [0.5, 0.6) is 11.5 Å². The lowest BCUT2D eigenvalue weighted by Gasteiger charge is -2.13. The van der Waals surface area contributed by atoms with E-state index in [1.165, 1.54) is 24.5 Å². The number of methoxy groups -OCH3 is 1. The number of carbonyl (C=O) groups is 1. The fourth-order valence-corrected chi connectivity index (χ4v) is 3.54. The molecule has 1 heterocycles. The van der Waals surface area contributed by atoms with Crippen LogP contribution in [0.3, 0.4) is 0 Å². The first kappa shape index (κ1) is 18.7. The summed E-state index contributed by atoms with van der Waals surface area (Å²) in [6.45, 7) is 8.09. The van der Waals surface area contributed by atoms with Gasteiger partial charge in [-0.15, -0.1) is 11.3 Å². The highest BCUT2D eigenvalue weighted by Gasteiger charge is 2.22. The number of hydrogen-bond donors (Lipinski definition) is 1. The molecule has 6 heteroatoms. The van der Waals surface area contributed by atoms with E-state index in [-0.39, 0.29) is 16.9 Å². The fourth-order valence-electron chi connectivity index (χ4n) is 2.04. The lowest BCUT2D eigenvalue weighted by atomic mass is 9.98. The van der Waals surface area contributed by atoms with Gasteiger partial charge in [-0.1, -0.05) is 36.7 Å². The quantitative estimate of drug-likeness (QED) is 0.561. The molecule has 0 aliphatic carbocycles. The van der Waals surface area contributed by atoms with E-state index in [9.17, 15) is 9.90 Å². The number of rotatable bonds is 4. The van der Waals surface area contributed by atoms with Crippen molar-refractivity contribution in [3.8, 4) is 11.5 Å². The summed E-state index contributed by atoms with van der Waals surface area (Å²) in [5, 5.41) is 10.7. The minimum atomic E-state index is -0.0839. The van der Waals surface area contributed by atoms with Crippen LogP contribution in [-0.2, 0) is 5.41 Å². The molecule has 128 valence electrons. The second kappa shape index (κ2) is 7.07. The molecule has 0 aliphatic heterocycles. The van der Waals surface area contributed by atoms with Gasteiger partial charge in [0.15, 0.2) is 17.3 Å². The molecule has 24 heavy (non-hydrogen) atoms. The second-order valence-corrected chi connectivity index (χ2v) is 8.28. The van der Waals surface area contributed by atoms with E-state index >= 15 is 0 Å². The summed E-state index contributed by atoms with van der Waals surface area (Å²) in [6, 6.07) is 3.21. The molecule has 2 aromatic rings. The highest BCUT2D eigenvalue weighted by atomic mass is 79.9. The van der Waals surface area contributed by atoms with Crippen LogP contribution in [-0.4, -0.2) is 23.0 Å². The van der Waals surface area contributed by atoms with Crippen LogP contribution in [0.4, 0.5) is 0 Å². The van der Waals surface area contributed by atoms with Crippen molar-refractivity contribution in [1.82, 2.24) is 4.98 Å². The molecule has 0 saturated heterocycles. The van der Waals surface area contributed by atoms with Crippen LogP contribution in [0, 0.1) is 6.92 Å². The monoisotopic (exact) mass is 409 g/mol. The lowest BCUT2D eigenvalue weighted by molar-refractivity contribution is 0.105. The minimum absolute atomic E-state index is 0.0426. The molecule has 0 saturated carbocycles. The SMILES string of the molecule is COc1cc(/C=C/C(=O)c2sc(C(C)(C)C)nc2C)c(Br)cc1O. The van der Waals surface area contributed by atoms with Crippen LogP contribution in [0.1, 0.15) is 46.7 Å². The van der Waals surface area contributed by atoms with Crippen LogP contribution in [0.2, 0.25) is 0 Å². The summed E-state index contributed by atoms with van der Waals surface area (Å²) in [6.07, 6.45) is 3.22. The Bertz CT molecular complexity index is 803. The van der Waals surface area contributed by atoms with Gasteiger partial charge in [0.1, 0.15) is 0 Å². The first-order chi connectivity index (χ1) is 11.1. The number of aryl methyl sites for hydroxylation is 1. The largest absolute Gasteiger partial charge is 0.504 e. The van der Waals surface area contributed by atoms with Crippen molar-refractivity contribution < 1.29 is 14.6 Å². The number of aromatic nitrogens is 1. The second-order valence-electron chi connectivity index (χ2n) is 6.43. The highest BCUT2D eigenvalue weighted by Crippen LogP contribution is 2.33. The third-order valence-corrected chi connectivity index (χ3v) is 5.66. The topological polar surface area (TPSA) is 59.4 Å². The van der Waals surface area contributed by atoms with Gasteiger partial charge in [-0.25, -0.2) is 4.98 Å². The van der Waals surface area contributed by atoms with Crippen LogP contribution >= 0.6 is 27.3 Å². The third kappa shape index (κ3) is 4.05. The molecule has 0 amide bonds. The van der Waals surface area contributed by atoms with Crippen LogP contribution in [0.15, 0.2) is 22.7 Å². The number of ketones is 1. The molecule has 1 aromatic heterocycles. The Morgan fingerprint density at radius 2 is 2.04 bits per heavy atom. The number of phenolic OH excluding ortho intramolecular Hbond substituents is 1. The molecule has 1 N–H and O–H groups in total. The molecule has 4 nitrogen and oxygen atoms in total. The molecule has 0 aliphatic rings. The Morgan fingerprint density at radius 3 is 2.58 bits per heavy atom. The predicted molar refractivity (Wildman–Crippen MR) is 101 cm³/mol. The van der Waals surface area contributed by atoms with Crippen molar-refractivity contribution in [3.63, 3.8) is 0 Å². The van der Waals surface area contributed by atoms with E-state index in [1.807, 2.05) is 6.92 Å². The van der Waals surface area contributed by atoms with Gasteiger partial charge in [0.2, 0.25) is 0 Å². The van der Waals surface area contributed by atoms with E-state index in [1.54, 1.807) is 18.2 Å². The van der Waals surface area contributed by atoms with Crippen LogP contribution in [0.25, 0.3) is 6.08 Å². The number of hydrogen-bond acceptors (Lipinski definition) is 5. The van der Waals surface area contributed by atoms with Crippen molar-refractivity contribution in [2.24, 2.45) is 0 Å². The van der Waals surface area contributed by atoms with Gasteiger partial charge in [0.05, 0.1) is 22.7 Å². The number of thiazole rings is 1. The number of nitrogens with zero attached hydrogens (tertiary/aromatic N) is 1. The fraction of sp³-hybridized carbons (Fsp3) is 0.333. The van der Waals surface area contributed by atoms with Gasteiger partial charge < -0.3 is 9.84 Å².